The van der Waals surface area contributed by atoms with Crippen molar-refractivity contribution in [3.8, 4) is 11.8 Å². The Bertz CT molecular complexity index is 494. The van der Waals surface area contributed by atoms with Gasteiger partial charge in [-0.2, -0.15) is 5.26 Å². The van der Waals surface area contributed by atoms with Crippen LogP contribution in [0.25, 0.3) is 0 Å². The van der Waals surface area contributed by atoms with Crippen molar-refractivity contribution >= 4 is 24.2 Å². The maximum absolute atomic E-state index is 10.9. The number of hydrogen-bond donors (Lipinski definition) is 2. The summed E-state index contributed by atoms with van der Waals surface area (Å²) in [6, 6.07) is 8.52. The van der Waals surface area contributed by atoms with Crippen LogP contribution in [0.2, 0.25) is 0 Å². The Labute approximate surface area is 153 Å². The molecule has 0 bridgehead atoms. The van der Waals surface area contributed by atoms with Crippen LogP contribution in [0.3, 0.4) is 0 Å². The monoisotopic (exact) mass is 287 g/mol. The maximum atomic E-state index is 10.9. The molecule has 18 heavy (non-hydrogen) atoms. The molecular weight excluding hydrogens is 277 g/mol. The van der Waals surface area contributed by atoms with Gasteiger partial charge in [0.15, 0.2) is 0 Å². The van der Waals surface area contributed by atoms with Crippen LogP contribution in [-0.4, -0.2) is 13.0 Å². The van der Waals surface area contributed by atoms with Gasteiger partial charge in [-0.05, 0) is 24.3 Å². The molecule has 88 valence electrons. The Hall–Kier alpha value is -0.624. The van der Waals surface area contributed by atoms with Crippen LogP contribution in [0.4, 0.5) is 5.69 Å². The fourth-order valence-electron chi connectivity index (χ4n) is 1.09. The molecule has 1 aromatic rings. The third kappa shape index (κ3) is 4.94. The molecule has 7 heteroatoms. The van der Waals surface area contributed by atoms with Crippen molar-refractivity contribution in [3.05, 3.63) is 34.9 Å². The molecular formula is C11H10KN3O2S. The van der Waals surface area contributed by atoms with Gasteiger partial charge in [0.05, 0.1) is 7.11 Å². The van der Waals surface area contributed by atoms with E-state index in [2.05, 4.69) is 5.32 Å². The van der Waals surface area contributed by atoms with Gasteiger partial charge in [0.25, 0.3) is 5.91 Å². The van der Waals surface area contributed by atoms with Crippen molar-refractivity contribution in [2.45, 2.75) is 0 Å². The van der Waals surface area contributed by atoms with Crippen LogP contribution in [0, 0.1) is 11.3 Å². The second kappa shape index (κ2) is 8.47. The first-order valence-electron chi connectivity index (χ1n) is 4.60. The van der Waals surface area contributed by atoms with E-state index in [-0.39, 0.29) is 62.0 Å². The molecule has 0 aliphatic carbocycles. The Morgan fingerprint density at radius 2 is 2.00 bits per heavy atom. The zero-order valence-electron chi connectivity index (χ0n) is 10.1. The van der Waals surface area contributed by atoms with E-state index < -0.39 is 5.91 Å². The Morgan fingerprint density at radius 3 is 2.39 bits per heavy atom. The van der Waals surface area contributed by atoms with Crippen LogP contribution in [0.5, 0.6) is 5.75 Å². The van der Waals surface area contributed by atoms with E-state index in [1.165, 1.54) is 0 Å². The summed E-state index contributed by atoms with van der Waals surface area (Å²) in [6.07, 6.45) is 0. The second-order valence-electron chi connectivity index (χ2n) is 3.03. The molecule has 0 aliphatic heterocycles. The molecule has 1 amide bonds. The summed E-state index contributed by atoms with van der Waals surface area (Å²) in [6.45, 7) is 0. The predicted octanol–water partition coefficient (Wildman–Crippen LogP) is -2.12. The summed E-state index contributed by atoms with van der Waals surface area (Å²) < 4.78 is 4.99. The molecule has 1 rings (SSSR count). The summed E-state index contributed by atoms with van der Waals surface area (Å²) in [7, 11) is 1.56. The number of amides is 1. The number of carbonyl (C=O) groups excluding carboxylic acids is 1. The minimum absolute atomic E-state index is 0. The van der Waals surface area contributed by atoms with Crippen LogP contribution < -0.4 is 67.2 Å². The number of hydrogen-bond acceptors (Lipinski definition) is 5. The van der Waals surface area contributed by atoms with Gasteiger partial charge in [-0.15, -0.1) is 0 Å². The van der Waals surface area contributed by atoms with Gasteiger partial charge in [0.2, 0.25) is 0 Å². The van der Waals surface area contributed by atoms with Gasteiger partial charge in [0, 0.05) is 5.69 Å². The quantitative estimate of drug-likeness (QED) is 0.286. The number of methoxy groups -OCH3 is 1. The average molecular weight is 287 g/mol. The number of rotatable bonds is 4. The summed E-state index contributed by atoms with van der Waals surface area (Å²) in [4.78, 5) is 10.9. The molecule has 0 atom stereocenters. The van der Waals surface area contributed by atoms with Crippen molar-refractivity contribution in [2.75, 3.05) is 12.4 Å². The van der Waals surface area contributed by atoms with Crippen molar-refractivity contribution in [1.82, 2.24) is 0 Å². The molecule has 0 fully saturated rings. The van der Waals surface area contributed by atoms with E-state index in [4.69, 9.17) is 28.4 Å². The fourth-order valence-corrected chi connectivity index (χ4v) is 1.35. The third-order valence-electron chi connectivity index (χ3n) is 1.93. The number of anilines is 1. The molecule has 1 aromatic carbocycles. The molecule has 0 unspecified atom stereocenters. The van der Waals surface area contributed by atoms with E-state index in [0.717, 1.165) is 0 Å². The van der Waals surface area contributed by atoms with Crippen LogP contribution in [0.1, 0.15) is 0 Å². The summed E-state index contributed by atoms with van der Waals surface area (Å²) in [5, 5.41) is 11.4. The van der Waals surface area contributed by atoms with E-state index in [1.54, 1.807) is 37.4 Å². The first-order valence-corrected chi connectivity index (χ1v) is 5.01. The van der Waals surface area contributed by atoms with E-state index in [1.807, 2.05) is 0 Å². The summed E-state index contributed by atoms with van der Waals surface area (Å²) in [5.41, 5.74) is 5.38. The molecule has 0 saturated heterocycles. The predicted molar refractivity (Wildman–Crippen MR) is 65.8 cm³/mol. The molecule has 3 N–H and O–H groups in total. The third-order valence-corrected chi connectivity index (χ3v) is 2.24. The second-order valence-corrected chi connectivity index (χ2v) is 3.44. The van der Waals surface area contributed by atoms with E-state index in [9.17, 15) is 4.79 Å². The molecule has 0 aliphatic rings. The molecule has 0 aromatic heterocycles. The minimum atomic E-state index is -0.849. The van der Waals surface area contributed by atoms with Gasteiger partial charge in [-0.1, -0.05) is 5.03 Å². The van der Waals surface area contributed by atoms with Gasteiger partial charge >= 0.3 is 51.4 Å². The zero-order chi connectivity index (χ0) is 12.8. The summed E-state index contributed by atoms with van der Waals surface area (Å²) >= 11 is 4.89. The van der Waals surface area contributed by atoms with Crippen molar-refractivity contribution in [2.24, 2.45) is 5.73 Å². The maximum Gasteiger partial charge on any atom is 1.00 e. The van der Waals surface area contributed by atoms with Crippen LogP contribution in [0.15, 0.2) is 34.9 Å². The number of nitrogens with one attached hydrogen (secondary N) is 1. The number of carbonyl (C=O) groups is 1. The first kappa shape index (κ1) is 17.4. The Kier molecular flexibility index (Phi) is 8.18. The van der Waals surface area contributed by atoms with Crippen LogP contribution >= 0.6 is 0 Å². The van der Waals surface area contributed by atoms with Crippen molar-refractivity contribution < 1.29 is 60.9 Å². The van der Waals surface area contributed by atoms with Gasteiger partial charge in [0.1, 0.15) is 17.4 Å². The number of nitrogens with zero attached hydrogens (tertiary/aromatic N) is 1. The topological polar surface area (TPSA) is 88.1 Å². The van der Waals surface area contributed by atoms with E-state index in [0.29, 0.717) is 11.4 Å². The van der Waals surface area contributed by atoms with Crippen molar-refractivity contribution in [3.63, 3.8) is 0 Å². The van der Waals surface area contributed by atoms with Gasteiger partial charge in [-0.3, -0.25) is 4.79 Å². The molecule has 5 nitrogen and oxygen atoms in total. The number of benzene rings is 1. The normalized spacial score (nSPS) is 10.4. The Morgan fingerprint density at radius 1 is 1.44 bits per heavy atom. The molecule has 0 radical (unpaired) electrons. The number of nitriles is 1. The summed E-state index contributed by atoms with van der Waals surface area (Å²) in [5.74, 6) is -0.153. The zero-order valence-corrected chi connectivity index (χ0v) is 14.0. The molecule has 0 heterocycles. The average Bonchev–Trinajstić information content (AvgIpc) is 2.30. The largest absolute Gasteiger partial charge is 1.00 e. The van der Waals surface area contributed by atoms with Gasteiger partial charge in [-0.25, -0.2) is 0 Å². The van der Waals surface area contributed by atoms with Crippen molar-refractivity contribution in [1.29, 1.82) is 5.26 Å². The fraction of sp³-hybridized carbons (Fsp3) is 0.0909. The SMILES string of the molecule is COc1ccc(N/C([S-])=C(/C#N)C(N)=O)cc1.[K+]. The van der Waals surface area contributed by atoms with Crippen LogP contribution in [-0.2, 0) is 17.4 Å². The number of ether oxygens (including phenoxy) is 1. The smallest absolute Gasteiger partial charge is 0.761 e. The molecule has 0 saturated carbocycles. The number of primary amides is 1. The first-order chi connectivity index (χ1) is 8.08. The van der Waals surface area contributed by atoms with E-state index >= 15 is 0 Å². The Balaban J connectivity index is 0.00000289. The molecule has 0 spiro atoms. The standard InChI is InChI=1S/C11H11N3O2S.K/c1-16-8-4-2-7(3-5-8)14-11(17)9(6-12)10(13)15;/h2-5,14,17H,1H3,(H2,13,15);/q;+1/p-1/b11-9+;. The van der Waals surface area contributed by atoms with Gasteiger partial charge < -0.3 is 28.4 Å². The minimum Gasteiger partial charge on any atom is -0.761 e. The number of nitrogens with two attached hydrogens (primary N) is 1.